The van der Waals surface area contributed by atoms with E-state index in [0.717, 1.165) is 32.0 Å². The number of anilines is 1. The molecular formula is C15H25Cl2N5O2. The molecule has 3 N–H and O–H groups in total. The molecular weight excluding hydrogens is 353 g/mol. The van der Waals surface area contributed by atoms with Crippen molar-refractivity contribution in [3.05, 3.63) is 18.5 Å². The Bertz CT molecular complexity index is 512. The van der Waals surface area contributed by atoms with Crippen LogP contribution in [-0.2, 0) is 4.79 Å². The molecule has 1 amide bonds. The number of carbonyl (C=O) groups excluding carboxylic acids is 1. The summed E-state index contributed by atoms with van der Waals surface area (Å²) in [4.78, 5) is 25.2. The number of rotatable bonds is 2. The van der Waals surface area contributed by atoms with Crippen LogP contribution < -0.4 is 10.6 Å². The van der Waals surface area contributed by atoms with E-state index < -0.39 is 6.10 Å². The van der Waals surface area contributed by atoms with E-state index in [-0.39, 0.29) is 42.7 Å². The van der Waals surface area contributed by atoms with Crippen molar-refractivity contribution in [2.24, 2.45) is 11.7 Å². The standard InChI is InChI=1S/C15H23N5O2.2ClH/c16-12-9-11(10-13(12)21)14(22)19-5-2-6-20(8-7-19)15-17-3-1-4-18-15;;/h1,3-4,11-13,21H,2,5-10,16H2;2*1H/t11-,12-,13-;;/m0../s1. The number of amides is 1. The SMILES string of the molecule is Cl.Cl.N[C@H]1C[C@H](C(=O)N2CCCN(c3ncccn3)CC2)C[C@@H]1O. The fourth-order valence-corrected chi connectivity index (χ4v) is 3.30. The van der Waals surface area contributed by atoms with Crippen molar-refractivity contribution in [1.29, 1.82) is 0 Å². The Morgan fingerprint density at radius 1 is 1.12 bits per heavy atom. The molecule has 1 saturated heterocycles. The lowest BCUT2D eigenvalue weighted by atomic mass is 10.1. The summed E-state index contributed by atoms with van der Waals surface area (Å²) in [5, 5.41) is 9.74. The van der Waals surface area contributed by atoms with Crippen LogP contribution in [-0.4, -0.2) is 64.2 Å². The molecule has 2 fully saturated rings. The van der Waals surface area contributed by atoms with Gasteiger partial charge in [0.05, 0.1) is 6.10 Å². The predicted molar refractivity (Wildman–Crippen MR) is 96.6 cm³/mol. The second-order valence-electron chi connectivity index (χ2n) is 6.11. The van der Waals surface area contributed by atoms with E-state index in [1.807, 2.05) is 4.90 Å². The van der Waals surface area contributed by atoms with E-state index in [0.29, 0.717) is 19.4 Å². The summed E-state index contributed by atoms with van der Waals surface area (Å²) in [6, 6.07) is 1.53. The van der Waals surface area contributed by atoms with Gasteiger partial charge in [-0.15, -0.1) is 24.8 Å². The topological polar surface area (TPSA) is 95.6 Å². The lowest BCUT2D eigenvalue weighted by Gasteiger charge is -2.24. The molecule has 1 aliphatic heterocycles. The maximum atomic E-state index is 12.6. The van der Waals surface area contributed by atoms with Gasteiger partial charge in [0.25, 0.3) is 0 Å². The average Bonchev–Trinajstić information content (AvgIpc) is 2.76. The molecule has 1 aromatic rings. The van der Waals surface area contributed by atoms with Crippen LogP contribution in [0.4, 0.5) is 5.95 Å². The minimum atomic E-state index is -0.546. The molecule has 3 rings (SSSR count). The highest BCUT2D eigenvalue weighted by Crippen LogP contribution is 2.27. The summed E-state index contributed by atoms with van der Waals surface area (Å²) >= 11 is 0. The monoisotopic (exact) mass is 377 g/mol. The molecule has 9 heteroatoms. The summed E-state index contributed by atoms with van der Waals surface area (Å²) in [7, 11) is 0. The highest BCUT2D eigenvalue weighted by molar-refractivity contribution is 5.85. The third-order valence-electron chi connectivity index (χ3n) is 4.57. The van der Waals surface area contributed by atoms with Gasteiger partial charge in [0, 0.05) is 50.5 Å². The number of aromatic nitrogens is 2. The zero-order valence-electron chi connectivity index (χ0n) is 13.5. The van der Waals surface area contributed by atoms with Gasteiger partial charge in [0.2, 0.25) is 11.9 Å². The molecule has 2 heterocycles. The fraction of sp³-hybridized carbons (Fsp3) is 0.667. The van der Waals surface area contributed by atoms with E-state index in [2.05, 4.69) is 14.9 Å². The molecule has 2 aliphatic rings. The predicted octanol–water partition coefficient (Wildman–Crippen LogP) is 0.457. The van der Waals surface area contributed by atoms with Crippen molar-refractivity contribution in [2.75, 3.05) is 31.1 Å². The first-order valence-electron chi connectivity index (χ1n) is 7.89. The Hall–Kier alpha value is -1.15. The van der Waals surface area contributed by atoms with Crippen LogP contribution in [0.5, 0.6) is 0 Å². The van der Waals surface area contributed by atoms with Gasteiger partial charge >= 0.3 is 0 Å². The molecule has 7 nitrogen and oxygen atoms in total. The number of hydrogen-bond acceptors (Lipinski definition) is 6. The number of halogens is 2. The van der Waals surface area contributed by atoms with Crippen molar-refractivity contribution in [2.45, 2.75) is 31.4 Å². The van der Waals surface area contributed by atoms with E-state index in [1.165, 1.54) is 0 Å². The van der Waals surface area contributed by atoms with E-state index in [1.54, 1.807) is 18.5 Å². The van der Waals surface area contributed by atoms with Gasteiger partial charge in [0.15, 0.2) is 0 Å². The van der Waals surface area contributed by atoms with Crippen LogP contribution in [0.3, 0.4) is 0 Å². The molecule has 0 radical (unpaired) electrons. The number of aliphatic hydroxyl groups is 1. The average molecular weight is 378 g/mol. The third-order valence-corrected chi connectivity index (χ3v) is 4.57. The Kier molecular flexibility index (Phi) is 8.15. The van der Waals surface area contributed by atoms with Crippen LogP contribution in [0.1, 0.15) is 19.3 Å². The Balaban J connectivity index is 0.00000144. The molecule has 24 heavy (non-hydrogen) atoms. The van der Waals surface area contributed by atoms with Crippen molar-refractivity contribution >= 4 is 36.7 Å². The molecule has 1 saturated carbocycles. The van der Waals surface area contributed by atoms with Crippen LogP contribution in [0.15, 0.2) is 18.5 Å². The van der Waals surface area contributed by atoms with E-state index in [4.69, 9.17) is 5.73 Å². The summed E-state index contributed by atoms with van der Waals surface area (Å²) < 4.78 is 0. The quantitative estimate of drug-likeness (QED) is 0.776. The van der Waals surface area contributed by atoms with Crippen LogP contribution in [0.25, 0.3) is 0 Å². The van der Waals surface area contributed by atoms with Gasteiger partial charge in [0.1, 0.15) is 0 Å². The molecule has 1 aromatic heterocycles. The summed E-state index contributed by atoms with van der Waals surface area (Å²) in [5.41, 5.74) is 5.82. The summed E-state index contributed by atoms with van der Waals surface area (Å²) in [6.07, 6.45) is 4.89. The number of hydrogen-bond donors (Lipinski definition) is 2. The van der Waals surface area contributed by atoms with Crippen LogP contribution in [0, 0.1) is 5.92 Å². The second-order valence-corrected chi connectivity index (χ2v) is 6.11. The van der Waals surface area contributed by atoms with Crippen molar-refractivity contribution in [1.82, 2.24) is 14.9 Å². The van der Waals surface area contributed by atoms with Gasteiger partial charge in [-0.25, -0.2) is 9.97 Å². The molecule has 1 aliphatic carbocycles. The highest BCUT2D eigenvalue weighted by Gasteiger charge is 2.37. The maximum Gasteiger partial charge on any atom is 0.225 e. The number of nitrogens with two attached hydrogens (primary N) is 1. The first-order chi connectivity index (χ1) is 10.6. The van der Waals surface area contributed by atoms with Crippen molar-refractivity contribution < 1.29 is 9.90 Å². The van der Waals surface area contributed by atoms with Gasteiger partial charge in [-0.1, -0.05) is 0 Å². The largest absolute Gasteiger partial charge is 0.391 e. The van der Waals surface area contributed by atoms with Crippen molar-refractivity contribution in [3.8, 4) is 0 Å². The third kappa shape index (κ3) is 4.69. The number of carbonyl (C=O) groups is 1. The number of aliphatic hydroxyl groups excluding tert-OH is 1. The van der Waals surface area contributed by atoms with Gasteiger partial charge in [-0.05, 0) is 25.3 Å². The summed E-state index contributed by atoms with van der Waals surface area (Å²) in [6.45, 7) is 2.99. The van der Waals surface area contributed by atoms with E-state index >= 15 is 0 Å². The molecule has 0 aromatic carbocycles. The van der Waals surface area contributed by atoms with Crippen molar-refractivity contribution in [3.63, 3.8) is 0 Å². The first-order valence-corrected chi connectivity index (χ1v) is 7.89. The fourth-order valence-electron chi connectivity index (χ4n) is 3.30. The second kappa shape index (κ2) is 9.36. The smallest absolute Gasteiger partial charge is 0.225 e. The molecule has 0 spiro atoms. The van der Waals surface area contributed by atoms with Crippen LogP contribution >= 0.6 is 24.8 Å². The number of nitrogens with zero attached hydrogens (tertiary/aromatic N) is 4. The zero-order chi connectivity index (χ0) is 15.5. The first kappa shape index (κ1) is 20.9. The maximum absolute atomic E-state index is 12.6. The van der Waals surface area contributed by atoms with E-state index in [9.17, 15) is 9.90 Å². The molecule has 136 valence electrons. The minimum Gasteiger partial charge on any atom is -0.391 e. The molecule has 0 bridgehead atoms. The van der Waals surface area contributed by atoms with Gasteiger partial charge in [-0.2, -0.15) is 0 Å². The van der Waals surface area contributed by atoms with Gasteiger partial charge < -0.3 is 20.6 Å². The van der Waals surface area contributed by atoms with Gasteiger partial charge in [-0.3, -0.25) is 4.79 Å². The minimum absolute atomic E-state index is 0. The molecule has 3 atom stereocenters. The normalized spacial score (nSPS) is 27.0. The van der Waals surface area contributed by atoms with Crippen LogP contribution in [0.2, 0.25) is 0 Å². The molecule has 0 unspecified atom stereocenters. The highest BCUT2D eigenvalue weighted by atomic mass is 35.5. The Morgan fingerprint density at radius 2 is 1.83 bits per heavy atom. The summed E-state index contributed by atoms with van der Waals surface area (Å²) in [5.74, 6) is 0.711. The Labute approximate surface area is 154 Å². The lowest BCUT2D eigenvalue weighted by molar-refractivity contribution is -0.135. The zero-order valence-corrected chi connectivity index (χ0v) is 15.1. The Morgan fingerprint density at radius 3 is 2.46 bits per heavy atom. The lowest BCUT2D eigenvalue weighted by Crippen LogP contribution is -2.39.